The first-order valence-electron chi connectivity index (χ1n) is 9.16. The molecule has 0 aromatic heterocycles. The summed E-state index contributed by atoms with van der Waals surface area (Å²) in [5.74, 6) is -0.718. The number of hydrogen-bond donors (Lipinski definition) is 2. The van der Waals surface area contributed by atoms with E-state index in [4.69, 9.17) is 11.5 Å². The van der Waals surface area contributed by atoms with Gasteiger partial charge in [0, 0.05) is 24.1 Å². The van der Waals surface area contributed by atoms with Gasteiger partial charge in [0.05, 0.1) is 6.54 Å². The fourth-order valence-electron chi connectivity index (χ4n) is 4.54. The monoisotopic (exact) mass is 356 g/mol. The highest BCUT2D eigenvalue weighted by atomic mass is 16.2. The normalized spacial score (nSPS) is 26.5. The van der Waals surface area contributed by atoms with Crippen LogP contribution in [0.5, 0.6) is 0 Å². The molecule has 1 aromatic carbocycles. The van der Waals surface area contributed by atoms with Gasteiger partial charge in [-0.1, -0.05) is 12.1 Å². The van der Waals surface area contributed by atoms with E-state index in [0.29, 0.717) is 25.9 Å². The highest BCUT2D eigenvalue weighted by molar-refractivity contribution is 6.02. The molecule has 0 unspecified atom stereocenters. The van der Waals surface area contributed by atoms with Gasteiger partial charge in [-0.2, -0.15) is 0 Å². The summed E-state index contributed by atoms with van der Waals surface area (Å²) in [4.78, 5) is 39.6. The number of primary amides is 2. The van der Waals surface area contributed by atoms with Crippen LogP contribution in [0.15, 0.2) is 24.3 Å². The van der Waals surface area contributed by atoms with Crippen molar-refractivity contribution < 1.29 is 14.4 Å². The zero-order valence-corrected chi connectivity index (χ0v) is 14.7. The van der Waals surface area contributed by atoms with Crippen LogP contribution < -0.4 is 16.4 Å². The Morgan fingerprint density at radius 2 is 1.73 bits per heavy atom. The first kappa shape index (κ1) is 16.9. The number of benzene rings is 1. The van der Waals surface area contributed by atoms with Gasteiger partial charge in [-0.3, -0.25) is 14.5 Å². The number of hydrogen-bond acceptors (Lipinski definition) is 3. The van der Waals surface area contributed by atoms with Crippen molar-refractivity contribution in [1.82, 2.24) is 4.90 Å². The Hall–Kier alpha value is -2.57. The van der Waals surface area contributed by atoms with Gasteiger partial charge in [0.25, 0.3) is 0 Å². The minimum Gasteiger partial charge on any atom is -0.370 e. The van der Waals surface area contributed by atoms with Crippen molar-refractivity contribution >= 4 is 23.5 Å². The van der Waals surface area contributed by atoms with Crippen LogP contribution in [0.4, 0.5) is 10.5 Å². The van der Waals surface area contributed by atoms with Crippen LogP contribution in [0, 0.1) is 0 Å². The quantitative estimate of drug-likeness (QED) is 0.828. The third-order valence-corrected chi connectivity index (χ3v) is 6.24. The number of anilines is 1. The number of carbonyl (C=O) groups excluding carboxylic acids is 3. The van der Waals surface area contributed by atoms with E-state index in [1.54, 1.807) is 9.80 Å². The van der Waals surface area contributed by atoms with Gasteiger partial charge in [0.15, 0.2) is 0 Å². The second-order valence-corrected chi connectivity index (χ2v) is 7.84. The third-order valence-electron chi connectivity index (χ3n) is 6.24. The minimum absolute atomic E-state index is 0.134. The second kappa shape index (κ2) is 5.72. The van der Waals surface area contributed by atoms with E-state index in [2.05, 4.69) is 0 Å². The molecule has 4 amide bonds. The van der Waals surface area contributed by atoms with E-state index < -0.39 is 11.4 Å². The van der Waals surface area contributed by atoms with Crippen LogP contribution in [-0.4, -0.2) is 41.4 Å². The molecule has 1 atom stereocenters. The Morgan fingerprint density at radius 1 is 1.04 bits per heavy atom. The zero-order chi connectivity index (χ0) is 18.5. The first-order chi connectivity index (χ1) is 12.4. The Balaban J connectivity index is 1.59. The summed E-state index contributed by atoms with van der Waals surface area (Å²) in [5, 5.41) is 0. The van der Waals surface area contributed by atoms with Crippen molar-refractivity contribution in [2.75, 3.05) is 18.0 Å². The maximum absolute atomic E-state index is 12.9. The van der Waals surface area contributed by atoms with Gasteiger partial charge < -0.3 is 16.4 Å². The lowest BCUT2D eigenvalue weighted by Gasteiger charge is -2.37. The van der Waals surface area contributed by atoms with Crippen LogP contribution >= 0.6 is 0 Å². The van der Waals surface area contributed by atoms with Gasteiger partial charge in [-0.15, -0.1) is 0 Å². The number of urea groups is 1. The van der Waals surface area contributed by atoms with Crippen LogP contribution in [0.3, 0.4) is 0 Å². The lowest BCUT2D eigenvalue weighted by atomic mass is 9.87. The van der Waals surface area contributed by atoms with Gasteiger partial charge in [0.1, 0.15) is 5.54 Å². The van der Waals surface area contributed by atoms with Crippen molar-refractivity contribution in [3.8, 4) is 0 Å². The molecular weight excluding hydrogens is 332 g/mol. The highest BCUT2D eigenvalue weighted by Crippen LogP contribution is 2.51. The van der Waals surface area contributed by atoms with Gasteiger partial charge in [-0.25, -0.2) is 4.79 Å². The Bertz CT molecular complexity index is 771. The number of amides is 4. The van der Waals surface area contributed by atoms with Crippen LogP contribution in [0.2, 0.25) is 0 Å². The molecular formula is C19H24N4O3. The van der Waals surface area contributed by atoms with E-state index in [0.717, 1.165) is 36.9 Å². The summed E-state index contributed by atoms with van der Waals surface area (Å²) in [6.07, 6.45) is 4.67. The summed E-state index contributed by atoms with van der Waals surface area (Å²) >= 11 is 0. The zero-order valence-electron chi connectivity index (χ0n) is 14.7. The molecule has 1 aliphatic carbocycles. The maximum Gasteiger partial charge on any atom is 0.325 e. The van der Waals surface area contributed by atoms with E-state index in [9.17, 15) is 14.4 Å². The number of piperidine rings is 1. The average Bonchev–Trinajstić information content (AvgIpc) is 3.32. The smallest absolute Gasteiger partial charge is 0.325 e. The molecule has 7 heteroatoms. The molecule has 3 aliphatic rings. The van der Waals surface area contributed by atoms with Crippen molar-refractivity contribution in [2.24, 2.45) is 11.5 Å². The van der Waals surface area contributed by atoms with Crippen molar-refractivity contribution in [3.63, 3.8) is 0 Å². The SMILES string of the molecule is NC(=O)CC1(c2ccc(N3C[C@@]4(C(N)=O)CCCCN4C3=O)cc2)CC1. The largest absolute Gasteiger partial charge is 0.370 e. The summed E-state index contributed by atoms with van der Waals surface area (Å²) in [6.45, 7) is 0.866. The highest BCUT2D eigenvalue weighted by Gasteiger charge is 2.55. The van der Waals surface area contributed by atoms with Crippen LogP contribution in [0.25, 0.3) is 0 Å². The van der Waals surface area contributed by atoms with E-state index in [1.807, 2.05) is 24.3 Å². The molecule has 7 nitrogen and oxygen atoms in total. The summed E-state index contributed by atoms with van der Waals surface area (Å²) in [6, 6.07) is 7.55. The molecule has 26 heavy (non-hydrogen) atoms. The molecule has 138 valence electrons. The van der Waals surface area contributed by atoms with Gasteiger partial charge in [-0.05, 0) is 49.8 Å². The first-order valence-corrected chi connectivity index (χ1v) is 9.16. The minimum atomic E-state index is -0.891. The summed E-state index contributed by atoms with van der Waals surface area (Å²) in [5.41, 5.74) is 11.9. The summed E-state index contributed by atoms with van der Waals surface area (Å²) < 4.78 is 0. The molecule has 2 aliphatic heterocycles. The molecule has 2 saturated heterocycles. The molecule has 0 spiro atoms. The van der Waals surface area contributed by atoms with E-state index in [1.165, 1.54) is 0 Å². The molecule has 4 rings (SSSR count). The topological polar surface area (TPSA) is 110 Å². The third kappa shape index (κ3) is 2.45. The fraction of sp³-hybridized carbons (Fsp3) is 0.526. The van der Waals surface area contributed by atoms with Crippen molar-refractivity contribution in [3.05, 3.63) is 29.8 Å². The molecule has 1 aromatic rings. The van der Waals surface area contributed by atoms with E-state index in [-0.39, 0.29) is 17.4 Å². The number of rotatable bonds is 5. The predicted octanol–water partition coefficient (Wildman–Crippen LogP) is 1.24. The predicted molar refractivity (Wildman–Crippen MR) is 96.4 cm³/mol. The number of carbonyl (C=O) groups is 3. The van der Waals surface area contributed by atoms with Crippen molar-refractivity contribution in [1.29, 1.82) is 0 Å². The van der Waals surface area contributed by atoms with Crippen LogP contribution in [-0.2, 0) is 15.0 Å². The Kier molecular flexibility index (Phi) is 3.71. The molecule has 0 bridgehead atoms. The number of nitrogens with zero attached hydrogens (tertiary/aromatic N) is 2. The second-order valence-electron chi connectivity index (χ2n) is 7.84. The average molecular weight is 356 g/mol. The van der Waals surface area contributed by atoms with Crippen molar-refractivity contribution in [2.45, 2.75) is 49.5 Å². The molecule has 1 saturated carbocycles. The molecule has 4 N–H and O–H groups in total. The number of nitrogens with two attached hydrogens (primary N) is 2. The Morgan fingerprint density at radius 3 is 2.27 bits per heavy atom. The summed E-state index contributed by atoms with van der Waals surface area (Å²) in [7, 11) is 0. The van der Waals surface area contributed by atoms with E-state index >= 15 is 0 Å². The maximum atomic E-state index is 12.9. The fourth-order valence-corrected chi connectivity index (χ4v) is 4.54. The van der Waals surface area contributed by atoms with Crippen LogP contribution in [0.1, 0.15) is 44.1 Å². The standard InChI is InChI=1S/C19H24N4O3/c20-15(24)11-18(8-9-18)13-3-5-14(6-4-13)22-12-19(16(21)25)7-1-2-10-23(19)17(22)26/h3-6H,1-2,7-12H2,(H2,20,24)(H2,21,25)/t19-/m1/s1. The van der Waals surface area contributed by atoms with Gasteiger partial charge in [0.2, 0.25) is 11.8 Å². The van der Waals surface area contributed by atoms with Gasteiger partial charge >= 0.3 is 6.03 Å². The molecule has 2 heterocycles. The Labute approximate surface area is 152 Å². The lowest BCUT2D eigenvalue weighted by molar-refractivity contribution is -0.128. The molecule has 3 fully saturated rings. The lowest BCUT2D eigenvalue weighted by Crippen LogP contribution is -2.58. The molecule has 0 radical (unpaired) electrons. The number of fused-ring (bicyclic) bond motifs is 1.